The molecule has 3 rings (SSSR count). The third-order valence-corrected chi connectivity index (χ3v) is 4.36. The highest BCUT2D eigenvalue weighted by molar-refractivity contribution is 5.47. The molecule has 1 heterocycles. The molecule has 2 aromatic rings. The van der Waals surface area contributed by atoms with Crippen LogP contribution in [0.1, 0.15) is 5.56 Å². The number of halogens is 1. The minimum Gasteiger partial charge on any atom is -0.504 e. The summed E-state index contributed by atoms with van der Waals surface area (Å²) >= 11 is 0. The van der Waals surface area contributed by atoms with Crippen LogP contribution in [0.25, 0.3) is 0 Å². The molecular formula is C18H22FN2O2+. The number of hydrogen-bond acceptors (Lipinski definition) is 3. The molecule has 0 bridgehead atoms. The number of quaternary nitrogens is 1. The number of ether oxygens (including phenoxy) is 1. The molecule has 0 saturated carbocycles. The van der Waals surface area contributed by atoms with E-state index in [0.717, 1.165) is 38.3 Å². The van der Waals surface area contributed by atoms with E-state index in [1.807, 2.05) is 18.2 Å². The molecule has 0 atom stereocenters. The Balaban J connectivity index is 1.59. The summed E-state index contributed by atoms with van der Waals surface area (Å²) in [5.74, 6) is 0.513. The van der Waals surface area contributed by atoms with Crippen LogP contribution in [-0.4, -0.2) is 38.4 Å². The van der Waals surface area contributed by atoms with Gasteiger partial charge in [0.2, 0.25) is 0 Å². The van der Waals surface area contributed by atoms with Crippen LogP contribution < -0.4 is 14.5 Å². The first-order chi connectivity index (χ1) is 11.2. The summed E-state index contributed by atoms with van der Waals surface area (Å²) in [4.78, 5) is 3.53. The minimum absolute atomic E-state index is 0.156. The van der Waals surface area contributed by atoms with Gasteiger partial charge in [0.1, 0.15) is 12.4 Å². The van der Waals surface area contributed by atoms with Gasteiger partial charge in [0, 0.05) is 5.56 Å². The first-order valence-corrected chi connectivity index (χ1v) is 7.86. The molecule has 1 fully saturated rings. The Bertz CT molecular complexity index is 670. The number of para-hydroxylation sites is 1. The van der Waals surface area contributed by atoms with E-state index in [9.17, 15) is 9.50 Å². The Labute approximate surface area is 135 Å². The Hall–Kier alpha value is -2.27. The maximum absolute atomic E-state index is 13.8. The Morgan fingerprint density at radius 2 is 1.91 bits per heavy atom. The molecule has 2 N–H and O–H groups in total. The monoisotopic (exact) mass is 317 g/mol. The summed E-state index contributed by atoms with van der Waals surface area (Å²) in [5, 5.41) is 9.86. The quantitative estimate of drug-likeness (QED) is 0.896. The van der Waals surface area contributed by atoms with E-state index >= 15 is 0 Å². The topological polar surface area (TPSA) is 37.1 Å². The number of phenolic OH excluding ortho intramolecular Hbond substituents is 1. The number of rotatable bonds is 4. The third-order valence-electron chi connectivity index (χ3n) is 4.36. The van der Waals surface area contributed by atoms with Crippen LogP contribution in [0.5, 0.6) is 11.5 Å². The van der Waals surface area contributed by atoms with E-state index in [0.29, 0.717) is 11.4 Å². The average Bonchev–Trinajstić information content (AvgIpc) is 2.56. The van der Waals surface area contributed by atoms with Crippen molar-refractivity contribution in [1.29, 1.82) is 0 Å². The van der Waals surface area contributed by atoms with Gasteiger partial charge in [-0.25, -0.2) is 4.39 Å². The van der Waals surface area contributed by atoms with Gasteiger partial charge in [0.05, 0.1) is 39.0 Å². The van der Waals surface area contributed by atoms with E-state index in [4.69, 9.17) is 4.74 Å². The lowest BCUT2D eigenvalue weighted by Crippen LogP contribution is -3.13. The Kier molecular flexibility index (Phi) is 4.67. The Morgan fingerprint density at radius 1 is 1.17 bits per heavy atom. The number of anilines is 1. The van der Waals surface area contributed by atoms with Gasteiger partial charge in [0.15, 0.2) is 11.5 Å². The van der Waals surface area contributed by atoms with Crippen LogP contribution in [-0.2, 0) is 6.54 Å². The highest BCUT2D eigenvalue weighted by Crippen LogP contribution is 2.25. The number of nitrogens with one attached hydrogen (secondary N) is 1. The SMILES string of the molecule is COc1ccc(C[NH+]2CCN(c3ccccc3F)CC2)cc1O. The van der Waals surface area contributed by atoms with Gasteiger partial charge in [-0.1, -0.05) is 12.1 Å². The number of piperazine rings is 1. The van der Waals surface area contributed by atoms with Crippen LogP contribution in [0, 0.1) is 5.82 Å². The highest BCUT2D eigenvalue weighted by Gasteiger charge is 2.22. The number of aromatic hydroxyl groups is 1. The summed E-state index contributed by atoms with van der Waals surface area (Å²) in [6.07, 6.45) is 0. The molecule has 0 aromatic heterocycles. The zero-order valence-electron chi connectivity index (χ0n) is 13.3. The molecule has 23 heavy (non-hydrogen) atoms. The molecule has 0 radical (unpaired) electrons. The molecule has 0 amide bonds. The lowest BCUT2D eigenvalue weighted by molar-refractivity contribution is -0.914. The summed E-state index contributed by atoms with van der Waals surface area (Å²) in [6.45, 7) is 4.40. The predicted octanol–water partition coefficient (Wildman–Crippen LogP) is 1.44. The van der Waals surface area contributed by atoms with Gasteiger partial charge in [-0.15, -0.1) is 0 Å². The van der Waals surface area contributed by atoms with E-state index < -0.39 is 0 Å². The summed E-state index contributed by atoms with van der Waals surface area (Å²) in [5.41, 5.74) is 1.77. The van der Waals surface area contributed by atoms with E-state index in [-0.39, 0.29) is 11.6 Å². The van der Waals surface area contributed by atoms with Crippen LogP contribution in [0.2, 0.25) is 0 Å². The van der Waals surface area contributed by atoms with E-state index in [2.05, 4.69) is 4.90 Å². The average molecular weight is 317 g/mol. The lowest BCUT2D eigenvalue weighted by atomic mass is 10.1. The van der Waals surface area contributed by atoms with Crippen molar-refractivity contribution in [2.45, 2.75) is 6.54 Å². The van der Waals surface area contributed by atoms with Crippen molar-refractivity contribution in [2.24, 2.45) is 0 Å². The van der Waals surface area contributed by atoms with Crippen molar-refractivity contribution in [1.82, 2.24) is 0 Å². The lowest BCUT2D eigenvalue weighted by Gasteiger charge is -2.33. The molecule has 5 heteroatoms. The largest absolute Gasteiger partial charge is 0.504 e. The molecule has 0 spiro atoms. The van der Waals surface area contributed by atoms with Gasteiger partial charge in [-0.05, 0) is 30.3 Å². The van der Waals surface area contributed by atoms with Crippen LogP contribution in [0.3, 0.4) is 0 Å². The number of phenols is 1. The van der Waals surface area contributed by atoms with Crippen LogP contribution in [0.15, 0.2) is 42.5 Å². The summed E-state index contributed by atoms with van der Waals surface area (Å²) < 4.78 is 18.9. The molecule has 122 valence electrons. The zero-order chi connectivity index (χ0) is 16.2. The first-order valence-electron chi connectivity index (χ1n) is 7.86. The Morgan fingerprint density at radius 3 is 2.57 bits per heavy atom. The normalized spacial score (nSPS) is 15.7. The van der Waals surface area contributed by atoms with E-state index in [1.165, 1.54) is 11.0 Å². The first kappa shape index (κ1) is 15.6. The van der Waals surface area contributed by atoms with Crippen LogP contribution >= 0.6 is 0 Å². The predicted molar refractivity (Wildman–Crippen MR) is 87.7 cm³/mol. The fraction of sp³-hybridized carbons (Fsp3) is 0.333. The number of hydrogen-bond donors (Lipinski definition) is 2. The van der Waals surface area contributed by atoms with Crippen molar-refractivity contribution in [2.75, 3.05) is 38.2 Å². The van der Waals surface area contributed by atoms with Crippen molar-refractivity contribution >= 4 is 5.69 Å². The van der Waals surface area contributed by atoms with Gasteiger partial charge >= 0.3 is 0 Å². The molecule has 1 aliphatic heterocycles. The van der Waals surface area contributed by atoms with Gasteiger partial charge in [-0.3, -0.25) is 0 Å². The van der Waals surface area contributed by atoms with Gasteiger partial charge in [0.25, 0.3) is 0 Å². The van der Waals surface area contributed by atoms with Gasteiger partial charge < -0.3 is 19.6 Å². The summed E-state index contributed by atoms with van der Waals surface area (Å²) in [7, 11) is 1.54. The third kappa shape index (κ3) is 3.56. The highest BCUT2D eigenvalue weighted by atomic mass is 19.1. The molecule has 1 saturated heterocycles. The van der Waals surface area contributed by atoms with E-state index in [1.54, 1.807) is 25.3 Å². The van der Waals surface area contributed by atoms with Gasteiger partial charge in [-0.2, -0.15) is 0 Å². The number of nitrogens with zero attached hydrogens (tertiary/aromatic N) is 1. The van der Waals surface area contributed by atoms with Crippen molar-refractivity contribution in [3.63, 3.8) is 0 Å². The van der Waals surface area contributed by atoms with Crippen molar-refractivity contribution < 1.29 is 19.1 Å². The fourth-order valence-corrected chi connectivity index (χ4v) is 3.08. The maximum Gasteiger partial charge on any atom is 0.160 e. The molecule has 0 unspecified atom stereocenters. The van der Waals surface area contributed by atoms with Crippen molar-refractivity contribution in [3.05, 3.63) is 53.8 Å². The minimum atomic E-state index is -0.156. The van der Waals surface area contributed by atoms with Crippen molar-refractivity contribution in [3.8, 4) is 11.5 Å². The second-order valence-electron chi connectivity index (χ2n) is 5.87. The number of benzene rings is 2. The second-order valence-corrected chi connectivity index (χ2v) is 5.87. The molecule has 0 aliphatic carbocycles. The standard InChI is InChI=1S/C18H21FN2O2/c1-23-18-7-6-14(12-17(18)22)13-20-8-10-21(11-9-20)16-5-3-2-4-15(16)19/h2-7,12,22H,8-11,13H2,1H3/p+1. The molecule has 2 aromatic carbocycles. The molecule has 4 nitrogen and oxygen atoms in total. The number of methoxy groups -OCH3 is 1. The smallest absolute Gasteiger partial charge is 0.160 e. The fourth-order valence-electron chi connectivity index (χ4n) is 3.08. The second kappa shape index (κ2) is 6.87. The summed E-state index contributed by atoms with van der Waals surface area (Å²) in [6, 6.07) is 12.5. The molecule has 1 aliphatic rings. The van der Waals surface area contributed by atoms with Crippen LogP contribution in [0.4, 0.5) is 10.1 Å². The molecular weight excluding hydrogens is 295 g/mol. The maximum atomic E-state index is 13.8. The zero-order valence-corrected chi connectivity index (χ0v) is 13.3.